The lowest BCUT2D eigenvalue weighted by Gasteiger charge is -2.09. The van der Waals surface area contributed by atoms with E-state index in [9.17, 15) is 9.90 Å². The van der Waals surface area contributed by atoms with Gasteiger partial charge in [0, 0.05) is 5.56 Å². The SMILES string of the molecule is CCOC(=O)C(=C(/O)OCC)/C(N)=N\N=C/c1cccc(OC)c1OC. The van der Waals surface area contributed by atoms with Gasteiger partial charge in [0.1, 0.15) is 0 Å². The second-order valence-corrected chi connectivity index (χ2v) is 4.65. The van der Waals surface area contributed by atoms with E-state index in [-0.39, 0.29) is 19.0 Å². The summed E-state index contributed by atoms with van der Waals surface area (Å²) in [5, 5.41) is 17.4. The van der Waals surface area contributed by atoms with Gasteiger partial charge in [-0.1, -0.05) is 6.07 Å². The van der Waals surface area contributed by atoms with Gasteiger partial charge in [-0.3, -0.25) is 0 Å². The van der Waals surface area contributed by atoms with E-state index in [0.29, 0.717) is 17.1 Å². The number of aliphatic hydroxyl groups excluding tert-OH is 1. The Balaban J connectivity index is 3.16. The van der Waals surface area contributed by atoms with E-state index in [1.165, 1.54) is 20.4 Å². The smallest absolute Gasteiger partial charge is 0.349 e. The zero-order valence-corrected chi connectivity index (χ0v) is 15.2. The van der Waals surface area contributed by atoms with Crippen molar-refractivity contribution in [2.24, 2.45) is 15.9 Å². The van der Waals surface area contributed by atoms with E-state index in [1.807, 2.05) is 0 Å². The molecule has 0 spiro atoms. The number of para-hydroxylation sites is 1. The molecule has 0 amide bonds. The summed E-state index contributed by atoms with van der Waals surface area (Å²) in [6, 6.07) is 5.21. The number of ether oxygens (including phenoxy) is 4. The molecule has 0 atom stereocenters. The normalized spacial score (nSPS) is 12.5. The highest BCUT2D eigenvalue weighted by Gasteiger charge is 2.22. The summed E-state index contributed by atoms with van der Waals surface area (Å²) in [4.78, 5) is 11.9. The van der Waals surface area contributed by atoms with Gasteiger partial charge in [-0.05, 0) is 26.0 Å². The number of methoxy groups -OCH3 is 2. The third-order valence-corrected chi connectivity index (χ3v) is 3.03. The molecule has 0 heterocycles. The lowest BCUT2D eigenvalue weighted by molar-refractivity contribution is -0.138. The first-order valence-corrected chi connectivity index (χ1v) is 7.81. The number of aliphatic hydroxyl groups is 1. The van der Waals surface area contributed by atoms with Crippen LogP contribution in [-0.2, 0) is 14.3 Å². The summed E-state index contributed by atoms with van der Waals surface area (Å²) >= 11 is 0. The van der Waals surface area contributed by atoms with Crippen LogP contribution in [0.3, 0.4) is 0 Å². The minimum absolute atomic E-state index is 0.0965. The molecule has 3 N–H and O–H groups in total. The molecule has 1 aromatic carbocycles. The van der Waals surface area contributed by atoms with Gasteiger partial charge in [0.2, 0.25) is 0 Å². The fourth-order valence-electron chi connectivity index (χ4n) is 1.93. The number of carbonyl (C=O) groups excluding carboxylic acids is 1. The van der Waals surface area contributed by atoms with Gasteiger partial charge < -0.3 is 29.8 Å². The van der Waals surface area contributed by atoms with E-state index in [1.54, 1.807) is 32.0 Å². The van der Waals surface area contributed by atoms with E-state index in [4.69, 9.17) is 24.7 Å². The predicted molar refractivity (Wildman–Crippen MR) is 96.7 cm³/mol. The second-order valence-electron chi connectivity index (χ2n) is 4.65. The van der Waals surface area contributed by atoms with Crippen LogP contribution >= 0.6 is 0 Å². The van der Waals surface area contributed by atoms with Crippen LogP contribution in [0.15, 0.2) is 39.9 Å². The Bertz CT molecular complexity index is 712. The van der Waals surface area contributed by atoms with Crippen molar-refractivity contribution >= 4 is 18.0 Å². The second kappa shape index (κ2) is 10.6. The zero-order chi connectivity index (χ0) is 19.5. The van der Waals surface area contributed by atoms with Gasteiger partial charge in [0.05, 0.1) is 33.6 Å². The van der Waals surface area contributed by atoms with Crippen LogP contribution in [0, 0.1) is 0 Å². The molecular formula is C17H23N3O6. The molecule has 0 aromatic heterocycles. The van der Waals surface area contributed by atoms with E-state index in [0.717, 1.165) is 0 Å². The molecule has 0 saturated heterocycles. The Hall–Kier alpha value is -3.23. The van der Waals surface area contributed by atoms with Crippen molar-refractivity contribution in [1.82, 2.24) is 0 Å². The van der Waals surface area contributed by atoms with Crippen molar-refractivity contribution in [1.29, 1.82) is 0 Å². The summed E-state index contributed by atoms with van der Waals surface area (Å²) in [7, 11) is 3.01. The highest BCUT2D eigenvalue weighted by Crippen LogP contribution is 2.29. The fraction of sp³-hybridized carbons (Fsp3) is 0.353. The largest absolute Gasteiger partial charge is 0.493 e. The number of nitrogens with two attached hydrogens (primary N) is 1. The highest BCUT2D eigenvalue weighted by molar-refractivity contribution is 6.18. The lowest BCUT2D eigenvalue weighted by atomic mass is 10.2. The molecule has 9 nitrogen and oxygen atoms in total. The summed E-state index contributed by atoms with van der Waals surface area (Å²) in [5.41, 5.74) is 5.94. The molecule has 9 heteroatoms. The molecule has 142 valence electrons. The molecule has 0 aliphatic heterocycles. The first-order valence-electron chi connectivity index (χ1n) is 7.81. The maximum atomic E-state index is 11.9. The van der Waals surface area contributed by atoms with Crippen molar-refractivity contribution in [3.63, 3.8) is 0 Å². The number of benzene rings is 1. The molecule has 0 saturated carbocycles. The third-order valence-electron chi connectivity index (χ3n) is 3.03. The average molecular weight is 365 g/mol. The van der Waals surface area contributed by atoms with Gasteiger partial charge >= 0.3 is 5.97 Å². The third kappa shape index (κ3) is 5.40. The van der Waals surface area contributed by atoms with Gasteiger partial charge in [-0.2, -0.15) is 5.10 Å². The number of hydrogen-bond acceptors (Lipinski definition) is 8. The van der Waals surface area contributed by atoms with Gasteiger partial charge in [0.25, 0.3) is 5.95 Å². The zero-order valence-electron chi connectivity index (χ0n) is 15.2. The standard InChI is InChI=1S/C17H23N3O6/c1-5-25-16(21)13(17(22)26-6-2)15(18)20-19-10-11-8-7-9-12(23-3)14(11)24-4/h7-10,21H,5-6H2,1-4H3,(H2,18,20)/b16-13-,19-10-. The van der Waals surface area contributed by atoms with Gasteiger partial charge in [-0.15, -0.1) is 5.10 Å². The van der Waals surface area contributed by atoms with Crippen LogP contribution in [-0.4, -0.2) is 50.6 Å². The monoisotopic (exact) mass is 365 g/mol. The molecule has 1 aromatic rings. The van der Waals surface area contributed by atoms with Crippen molar-refractivity contribution in [3.8, 4) is 11.5 Å². The van der Waals surface area contributed by atoms with Crippen LogP contribution in [0.5, 0.6) is 11.5 Å². The van der Waals surface area contributed by atoms with Crippen LogP contribution < -0.4 is 15.2 Å². The molecule has 0 radical (unpaired) electrons. The minimum atomic E-state index is -0.867. The molecule has 0 fully saturated rings. The van der Waals surface area contributed by atoms with Gasteiger partial charge in [-0.25, -0.2) is 4.79 Å². The Morgan fingerprint density at radius 3 is 2.46 bits per heavy atom. The topological polar surface area (TPSA) is 125 Å². The van der Waals surface area contributed by atoms with Crippen LogP contribution in [0.4, 0.5) is 0 Å². The Labute approximate surface area is 151 Å². The molecule has 0 aliphatic carbocycles. The molecular weight excluding hydrogens is 342 g/mol. The lowest BCUT2D eigenvalue weighted by Crippen LogP contribution is -2.25. The van der Waals surface area contributed by atoms with Crippen LogP contribution in [0.25, 0.3) is 0 Å². The number of carbonyl (C=O) groups is 1. The Morgan fingerprint density at radius 2 is 1.88 bits per heavy atom. The van der Waals surface area contributed by atoms with E-state index < -0.39 is 17.5 Å². The summed E-state index contributed by atoms with van der Waals surface area (Å²) in [6.45, 7) is 3.49. The van der Waals surface area contributed by atoms with Crippen LogP contribution in [0.1, 0.15) is 19.4 Å². The summed E-state index contributed by atoms with van der Waals surface area (Å²) in [5.74, 6) is -0.914. The van der Waals surface area contributed by atoms with Gasteiger partial charge in [0.15, 0.2) is 22.9 Å². The van der Waals surface area contributed by atoms with Crippen LogP contribution in [0.2, 0.25) is 0 Å². The first kappa shape index (κ1) is 20.8. The quantitative estimate of drug-likeness (QED) is 0.171. The number of hydrogen-bond donors (Lipinski definition) is 2. The number of esters is 1. The minimum Gasteiger partial charge on any atom is -0.493 e. The molecule has 0 bridgehead atoms. The first-order chi connectivity index (χ1) is 12.5. The molecule has 0 aliphatic rings. The van der Waals surface area contributed by atoms with Crippen molar-refractivity contribution in [2.45, 2.75) is 13.8 Å². The molecule has 0 unspecified atom stereocenters. The van der Waals surface area contributed by atoms with Crippen molar-refractivity contribution in [2.75, 3.05) is 27.4 Å². The maximum absolute atomic E-state index is 11.9. The van der Waals surface area contributed by atoms with E-state index >= 15 is 0 Å². The summed E-state index contributed by atoms with van der Waals surface area (Å²) in [6.07, 6.45) is 1.37. The maximum Gasteiger partial charge on any atom is 0.349 e. The number of amidine groups is 1. The Kier molecular flexibility index (Phi) is 8.48. The fourth-order valence-corrected chi connectivity index (χ4v) is 1.93. The average Bonchev–Trinajstić information content (AvgIpc) is 2.62. The number of rotatable bonds is 9. The van der Waals surface area contributed by atoms with E-state index in [2.05, 4.69) is 10.2 Å². The molecule has 1 rings (SSSR count). The van der Waals surface area contributed by atoms with Crippen molar-refractivity contribution < 1.29 is 28.8 Å². The Morgan fingerprint density at radius 1 is 1.19 bits per heavy atom. The summed E-state index contributed by atoms with van der Waals surface area (Å²) < 4.78 is 20.2. The predicted octanol–water partition coefficient (Wildman–Crippen LogP) is 1.76. The molecule has 26 heavy (non-hydrogen) atoms. The highest BCUT2D eigenvalue weighted by atomic mass is 16.6. The van der Waals surface area contributed by atoms with Crippen molar-refractivity contribution in [3.05, 3.63) is 35.3 Å². The number of nitrogens with zero attached hydrogens (tertiary/aromatic N) is 2.